The van der Waals surface area contributed by atoms with Crippen LogP contribution in [0.5, 0.6) is 0 Å². The molecule has 0 unspecified atom stereocenters. The maximum absolute atomic E-state index is 4.40. The first-order valence-electron chi connectivity index (χ1n) is 5.59. The van der Waals surface area contributed by atoms with E-state index in [1.54, 1.807) is 0 Å². The maximum Gasteiger partial charge on any atom is 0.108 e. The predicted molar refractivity (Wildman–Crippen MR) is 59.4 cm³/mol. The van der Waals surface area contributed by atoms with Crippen molar-refractivity contribution in [2.75, 3.05) is 0 Å². The SMILES string of the molecule is CC1CC(Cn2ncc3ncccc32)C1. The zero-order valence-corrected chi connectivity index (χ0v) is 8.93. The molecule has 2 heterocycles. The Morgan fingerprint density at radius 2 is 2.33 bits per heavy atom. The predicted octanol–water partition coefficient (Wildman–Crippen LogP) is 2.48. The second kappa shape index (κ2) is 3.33. The highest BCUT2D eigenvalue weighted by Gasteiger charge is 2.26. The van der Waals surface area contributed by atoms with Crippen LogP contribution >= 0.6 is 0 Å². The Labute approximate surface area is 89.1 Å². The standard InChI is InChI=1S/C12H15N3/c1-9-5-10(6-9)8-15-12-3-2-4-13-11(12)7-14-15/h2-4,7,9-10H,5-6,8H2,1H3. The molecule has 2 aromatic rings. The molecule has 2 aromatic heterocycles. The van der Waals surface area contributed by atoms with Gasteiger partial charge in [0.05, 0.1) is 11.7 Å². The minimum Gasteiger partial charge on any atom is -0.263 e. The van der Waals surface area contributed by atoms with E-state index in [1.165, 1.54) is 12.8 Å². The van der Waals surface area contributed by atoms with Gasteiger partial charge in [-0.25, -0.2) is 0 Å². The fourth-order valence-corrected chi connectivity index (χ4v) is 2.52. The molecule has 3 rings (SSSR count). The number of fused-ring (bicyclic) bond motifs is 1. The van der Waals surface area contributed by atoms with Crippen molar-refractivity contribution >= 4 is 11.0 Å². The number of hydrogen-bond acceptors (Lipinski definition) is 2. The molecule has 0 saturated heterocycles. The molecule has 0 atom stereocenters. The third-order valence-corrected chi connectivity index (χ3v) is 3.32. The van der Waals surface area contributed by atoms with E-state index in [9.17, 15) is 0 Å². The molecule has 0 bridgehead atoms. The lowest BCUT2D eigenvalue weighted by Crippen LogP contribution is -2.25. The Kier molecular flexibility index (Phi) is 1.97. The third-order valence-electron chi connectivity index (χ3n) is 3.32. The Bertz CT molecular complexity index is 468. The molecule has 1 fully saturated rings. The van der Waals surface area contributed by atoms with Gasteiger partial charge in [-0.2, -0.15) is 5.10 Å². The van der Waals surface area contributed by atoms with Gasteiger partial charge in [-0.05, 0) is 36.8 Å². The van der Waals surface area contributed by atoms with Crippen LogP contribution in [-0.2, 0) is 6.54 Å². The Morgan fingerprint density at radius 3 is 3.13 bits per heavy atom. The first-order valence-corrected chi connectivity index (χ1v) is 5.59. The van der Waals surface area contributed by atoms with Crippen LogP contribution in [0.25, 0.3) is 11.0 Å². The van der Waals surface area contributed by atoms with E-state index in [1.807, 2.05) is 18.5 Å². The van der Waals surface area contributed by atoms with Crippen LogP contribution in [-0.4, -0.2) is 14.8 Å². The summed E-state index contributed by atoms with van der Waals surface area (Å²) < 4.78 is 2.10. The molecule has 0 spiro atoms. The van der Waals surface area contributed by atoms with Crippen LogP contribution in [0.1, 0.15) is 19.8 Å². The average Bonchev–Trinajstić information content (AvgIpc) is 2.60. The van der Waals surface area contributed by atoms with E-state index in [2.05, 4.69) is 27.8 Å². The summed E-state index contributed by atoms with van der Waals surface area (Å²) in [6.45, 7) is 3.37. The van der Waals surface area contributed by atoms with Gasteiger partial charge in [0.15, 0.2) is 0 Å². The summed E-state index contributed by atoms with van der Waals surface area (Å²) in [6.07, 6.45) is 6.38. The van der Waals surface area contributed by atoms with E-state index in [0.29, 0.717) is 0 Å². The van der Waals surface area contributed by atoms with Crippen molar-refractivity contribution in [1.29, 1.82) is 0 Å². The number of rotatable bonds is 2. The highest BCUT2D eigenvalue weighted by atomic mass is 15.3. The fraction of sp³-hybridized carbons (Fsp3) is 0.500. The summed E-state index contributed by atoms with van der Waals surface area (Å²) in [7, 11) is 0. The molecular weight excluding hydrogens is 186 g/mol. The summed E-state index contributed by atoms with van der Waals surface area (Å²) in [5.41, 5.74) is 2.17. The topological polar surface area (TPSA) is 30.7 Å². The molecule has 3 heteroatoms. The van der Waals surface area contributed by atoms with Crippen molar-refractivity contribution in [2.24, 2.45) is 11.8 Å². The van der Waals surface area contributed by atoms with Crippen molar-refractivity contribution in [1.82, 2.24) is 14.8 Å². The Balaban J connectivity index is 1.85. The van der Waals surface area contributed by atoms with Gasteiger partial charge in [0.1, 0.15) is 5.52 Å². The first-order chi connectivity index (χ1) is 7.33. The minimum atomic E-state index is 0.823. The number of aromatic nitrogens is 3. The molecule has 0 aliphatic heterocycles. The van der Waals surface area contributed by atoms with Gasteiger partial charge in [-0.1, -0.05) is 6.92 Å². The van der Waals surface area contributed by atoms with Crippen molar-refractivity contribution in [3.05, 3.63) is 24.5 Å². The summed E-state index contributed by atoms with van der Waals surface area (Å²) in [5.74, 6) is 1.73. The second-order valence-corrected chi connectivity index (χ2v) is 4.68. The van der Waals surface area contributed by atoms with Gasteiger partial charge >= 0.3 is 0 Å². The lowest BCUT2D eigenvalue weighted by atomic mass is 9.76. The third kappa shape index (κ3) is 1.52. The van der Waals surface area contributed by atoms with E-state index in [-0.39, 0.29) is 0 Å². The molecule has 0 amide bonds. The summed E-state index contributed by atoms with van der Waals surface area (Å²) in [5, 5.41) is 4.40. The summed E-state index contributed by atoms with van der Waals surface area (Å²) in [6, 6.07) is 4.07. The Morgan fingerprint density at radius 1 is 1.47 bits per heavy atom. The van der Waals surface area contributed by atoms with Crippen molar-refractivity contribution in [3.63, 3.8) is 0 Å². The number of pyridine rings is 1. The highest BCUT2D eigenvalue weighted by Crippen LogP contribution is 2.34. The molecule has 1 saturated carbocycles. The number of nitrogens with zero attached hydrogens (tertiary/aromatic N) is 3. The lowest BCUT2D eigenvalue weighted by Gasteiger charge is -2.32. The smallest absolute Gasteiger partial charge is 0.108 e. The van der Waals surface area contributed by atoms with E-state index < -0.39 is 0 Å². The fourth-order valence-electron chi connectivity index (χ4n) is 2.52. The number of hydrogen-bond donors (Lipinski definition) is 0. The molecule has 1 aliphatic carbocycles. The van der Waals surface area contributed by atoms with Crippen molar-refractivity contribution < 1.29 is 0 Å². The molecule has 15 heavy (non-hydrogen) atoms. The monoisotopic (exact) mass is 201 g/mol. The largest absolute Gasteiger partial charge is 0.263 e. The van der Waals surface area contributed by atoms with Crippen LogP contribution in [0.2, 0.25) is 0 Å². The average molecular weight is 201 g/mol. The van der Waals surface area contributed by atoms with Gasteiger partial charge in [-0.3, -0.25) is 9.67 Å². The van der Waals surface area contributed by atoms with Crippen LogP contribution in [0.4, 0.5) is 0 Å². The zero-order valence-electron chi connectivity index (χ0n) is 8.93. The molecular formula is C12H15N3. The normalized spacial score (nSPS) is 25.4. The first kappa shape index (κ1) is 8.89. The molecule has 3 nitrogen and oxygen atoms in total. The zero-order chi connectivity index (χ0) is 10.3. The van der Waals surface area contributed by atoms with Crippen molar-refractivity contribution in [3.8, 4) is 0 Å². The van der Waals surface area contributed by atoms with Crippen LogP contribution in [0, 0.1) is 11.8 Å². The molecule has 1 aliphatic rings. The van der Waals surface area contributed by atoms with Crippen LogP contribution in [0.3, 0.4) is 0 Å². The Hall–Kier alpha value is -1.38. The van der Waals surface area contributed by atoms with Gasteiger partial charge in [0.25, 0.3) is 0 Å². The minimum absolute atomic E-state index is 0.823. The lowest BCUT2D eigenvalue weighted by molar-refractivity contribution is 0.184. The summed E-state index contributed by atoms with van der Waals surface area (Å²) in [4.78, 5) is 4.28. The molecule has 78 valence electrons. The molecule has 0 aromatic carbocycles. The summed E-state index contributed by atoms with van der Waals surface area (Å²) >= 11 is 0. The second-order valence-electron chi connectivity index (χ2n) is 4.68. The van der Waals surface area contributed by atoms with Crippen molar-refractivity contribution in [2.45, 2.75) is 26.3 Å². The van der Waals surface area contributed by atoms with E-state index >= 15 is 0 Å². The van der Waals surface area contributed by atoms with E-state index in [0.717, 1.165) is 29.4 Å². The van der Waals surface area contributed by atoms with E-state index in [4.69, 9.17) is 0 Å². The highest BCUT2D eigenvalue weighted by molar-refractivity contribution is 5.73. The maximum atomic E-state index is 4.40. The molecule has 0 radical (unpaired) electrons. The van der Waals surface area contributed by atoms with Gasteiger partial charge in [0.2, 0.25) is 0 Å². The molecule has 0 N–H and O–H groups in total. The van der Waals surface area contributed by atoms with Crippen LogP contribution in [0.15, 0.2) is 24.5 Å². The van der Waals surface area contributed by atoms with Gasteiger partial charge in [0, 0.05) is 12.7 Å². The van der Waals surface area contributed by atoms with Gasteiger partial charge < -0.3 is 0 Å². The van der Waals surface area contributed by atoms with Crippen LogP contribution < -0.4 is 0 Å². The quantitative estimate of drug-likeness (QED) is 0.747. The van der Waals surface area contributed by atoms with Gasteiger partial charge in [-0.15, -0.1) is 0 Å².